The van der Waals surface area contributed by atoms with E-state index in [9.17, 15) is 9.59 Å². The number of carbonyl (C=O) groups excluding carboxylic acids is 2. The van der Waals surface area contributed by atoms with Gasteiger partial charge in [0.2, 0.25) is 0 Å². The predicted molar refractivity (Wildman–Crippen MR) is 171 cm³/mol. The summed E-state index contributed by atoms with van der Waals surface area (Å²) in [5, 5.41) is 3.75. The van der Waals surface area contributed by atoms with E-state index in [0.717, 1.165) is 32.7 Å². The van der Waals surface area contributed by atoms with Crippen LogP contribution >= 0.6 is 0 Å². The average molecular weight is 563 g/mol. The quantitative estimate of drug-likeness (QED) is 0.150. The van der Waals surface area contributed by atoms with Gasteiger partial charge in [-0.05, 0) is 56.3 Å². The molecule has 0 aliphatic heterocycles. The highest BCUT2D eigenvalue weighted by molar-refractivity contribution is 6.01. The van der Waals surface area contributed by atoms with E-state index in [1.54, 1.807) is 13.8 Å². The van der Waals surface area contributed by atoms with Crippen molar-refractivity contribution in [3.8, 4) is 22.6 Å². The Balaban J connectivity index is 1.63. The lowest BCUT2D eigenvalue weighted by atomic mass is 9.65. The predicted octanol–water partition coefficient (Wildman–Crippen LogP) is 8.99. The van der Waals surface area contributed by atoms with Crippen LogP contribution in [0.2, 0.25) is 0 Å². The molecule has 0 atom stereocenters. The van der Waals surface area contributed by atoms with Crippen LogP contribution in [0.1, 0.15) is 48.9 Å². The molecule has 0 saturated heterocycles. The number of rotatable bonds is 6. The van der Waals surface area contributed by atoms with Gasteiger partial charge >= 0.3 is 11.9 Å². The lowest BCUT2D eigenvalue weighted by molar-refractivity contribution is -0.134. The van der Waals surface area contributed by atoms with E-state index in [2.05, 4.69) is 72.8 Å². The van der Waals surface area contributed by atoms with Gasteiger partial charge in [-0.2, -0.15) is 0 Å². The number of carbonyl (C=O) groups is 2. The lowest BCUT2D eigenvalue weighted by Crippen LogP contribution is -2.29. The molecule has 1 aliphatic carbocycles. The van der Waals surface area contributed by atoms with Gasteiger partial charge in [0.25, 0.3) is 0 Å². The van der Waals surface area contributed by atoms with E-state index in [0.29, 0.717) is 24.3 Å². The second-order valence-electron chi connectivity index (χ2n) is 10.8. The second kappa shape index (κ2) is 10.6. The molecular weight excluding hydrogens is 532 g/mol. The monoisotopic (exact) mass is 562 g/mol. The van der Waals surface area contributed by atoms with Gasteiger partial charge in [0.1, 0.15) is 11.5 Å². The molecule has 1 aliphatic rings. The van der Waals surface area contributed by atoms with Gasteiger partial charge in [0, 0.05) is 23.6 Å². The van der Waals surface area contributed by atoms with Crippen molar-refractivity contribution in [1.29, 1.82) is 0 Å². The third kappa shape index (κ3) is 4.05. The van der Waals surface area contributed by atoms with Crippen LogP contribution in [-0.4, -0.2) is 11.9 Å². The molecule has 0 aromatic heterocycles. The summed E-state index contributed by atoms with van der Waals surface area (Å²) in [4.78, 5) is 24.8. The summed E-state index contributed by atoms with van der Waals surface area (Å²) in [5.41, 5.74) is 6.14. The largest absolute Gasteiger partial charge is 0.426 e. The maximum Gasteiger partial charge on any atom is 0.310 e. The molecule has 0 heterocycles. The van der Waals surface area contributed by atoms with Crippen molar-refractivity contribution in [3.63, 3.8) is 0 Å². The Kier molecular flexibility index (Phi) is 6.55. The van der Waals surface area contributed by atoms with Crippen molar-refractivity contribution >= 4 is 33.5 Å². The summed E-state index contributed by atoms with van der Waals surface area (Å²) >= 11 is 0. The number of hydrogen-bond donors (Lipinski definition) is 0. The fraction of sp³-hybridized carbons (Fsp3) is 0.128. The van der Waals surface area contributed by atoms with Crippen molar-refractivity contribution in [2.45, 2.75) is 32.1 Å². The third-order valence-corrected chi connectivity index (χ3v) is 8.55. The number of esters is 2. The number of benzene rings is 6. The fourth-order valence-corrected chi connectivity index (χ4v) is 6.74. The normalized spacial score (nSPS) is 13.0. The molecule has 0 unspecified atom stereocenters. The molecule has 43 heavy (non-hydrogen) atoms. The Morgan fingerprint density at radius 2 is 0.837 bits per heavy atom. The molecule has 0 spiro atoms. The highest BCUT2D eigenvalue weighted by Gasteiger charge is 2.47. The van der Waals surface area contributed by atoms with E-state index >= 15 is 0 Å². The molecule has 0 bridgehead atoms. The Morgan fingerprint density at radius 1 is 0.465 bits per heavy atom. The van der Waals surface area contributed by atoms with Gasteiger partial charge in [0.05, 0.1) is 5.41 Å². The van der Waals surface area contributed by atoms with Crippen LogP contribution in [0.3, 0.4) is 0 Å². The zero-order chi connectivity index (χ0) is 29.6. The van der Waals surface area contributed by atoms with E-state index in [1.807, 2.05) is 48.5 Å². The summed E-state index contributed by atoms with van der Waals surface area (Å²) in [5.74, 6) is 0.556. The molecular formula is C39H30O4. The molecule has 210 valence electrons. The Labute approximate surface area is 250 Å². The minimum absolute atomic E-state index is 0.271. The van der Waals surface area contributed by atoms with Crippen LogP contribution in [0.25, 0.3) is 32.7 Å². The van der Waals surface area contributed by atoms with Crippen molar-refractivity contribution in [2.24, 2.45) is 0 Å². The standard InChI is InChI=1S/C39H30O4/c1-3-37(40)42-35-23-11-15-27-29(35)17-9-21-33(27)39(31-19-7-5-13-25(31)26-14-6-8-20-32(26)39)34-22-10-18-30-28(34)16-12-24-36(30)43-38(41)4-2/h5-24H,3-4H2,1-2H3. The molecule has 6 aromatic rings. The fourth-order valence-electron chi connectivity index (χ4n) is 6.74. The lowest BCUT2D eigenvalue weighted by Gasteiger charge is -2.36. The first-order valence-electron chi connectivity index (χ1n) is 14.7. The first-order valence-corrected chi connectivity index (χ1v) is 14.7. The summed E-state index contributed by atoms with van der Waals surface area (Å²) in [7, 11) is 0. The van der Waals surface area contributed by atoms with Crippen LogP contribution in [0, 0.1) is 0 Å². The highest BCUT2D eigenvalue weighted by Crippen LogP contribution is 2.58. The van der Waals surface area contributed by atoms with Crippen LogP contribution in [0.15, 0.2) is 121 Å². The molecule has 7 rings (SSSR count). The maximum atomic E-state index is 12.4. The van der Waals surface area contributed by atoms with E-state index in [1.165, 1.54) is 22.3 Å². The van der Waals surface area contributed by atoms with Crippen LogP contribution < -0.4 is 9.47 Å². The first-order chi connectivity index (χ1) is 21.1. The Bertz CT molecular complexity index is 1910. The maximum absolute atomic E-state index is 12.4. The van der Waals surface area contributed by atoms with E-state index in [4.69, 9.17) is 9.47 Å². The summed E-state index contributed by atoms with van der Waals surface area (Å²) < 4.78 is 11.6. The Hall–Kier alpha value is -5.22. The summed E-state index contributed by atoms with van der Waals surface area (Å²) in [6, 6.07) is 41.5. The average Bonchev–Trinajstić information content (AvgIpc) is 3.35. The molecule has 4 heteroatoms. The molecule has 0 amide bonds. The summed E-state index contributed by atoms with van der Waals surface area (Å²) in [6.07, 6.45) is 0.587. The minimum atomic E-state index is -0.715. The SMILES string of the molecule is CCC(=O)Oc1cccc2c(C3(c4cccc5c(OC(=O)CC)cccc45)c4ccccc4-c4ccccc43)cccc12. The van der Waals surface area contributed by atoms with Gasteiger partial charge in [-0.3, -0.25) is 9.59 Å². The molecule has 0 saturated carbocycles. The molecule has 0 fully saturated rings. The van der Waals surface area contributed by atoms with Crippen LogP contribution in [0.4, 0.5) is 0 Å². The van der Waals surface area contributed by atoms with Crippen molar-refractivity contribution < 1.29 is 19.1 Å². The highest BCUT2D eigenvalue weighted by atomic mass is 16.5. The van der Waals surface area contributed by atoms with Gasteiger partial charge in [0.15, 0.2) is 0 Å². The molecule has 4 nitrogen and oxygen atoms in total. The van der Waals surface area contributed by atoms with Gasteiger partial charge in [-0.1, -0.05) is 123 Å². The van der Waals surface area contributed by atoms with Gasteiger partial charge < -0.3 is 9.47 Å². The number of hydrogen-bond acceptors (Lipinski definition) is 4. The van der Waals surface area contributed by atoms with E-state index in [-0.39, 0.29) is 11.9 Å². The zero-order valence-corrected chi connectivity index (χ0v) is 24.1. The minimum Gasteiger partial charge on any atom is -0.426 e. The van der Waals surface area contributed by atoms with Crippen LogP contribution in [0.5, 0.6) is 11.5 Å². The third-order valence-electron chi connectivity index (χ3n) is 8.55. The Morgan fingerprint density at radius 3 is 1.28 bits per heavy atom. The summed E-state index contributed by atoms with van der Waals surface area (Å²) in [6.45, 7) is 3.60. The number of fused-ring (bicyclic) bond motifs is 5. The molecule has 0 N–H and O–H groups in total. The second-order valence-corrected chi connectivity index (χ2v) is 10.8. The first kappa shape index (κ1) is 26.7. The zero-order valence-electron chi connectivity index (χ0n) is 24.1. The van der Waals surface area contributed by atoms with Crippen molar-refractivity contribution in [1.82, 2.24) is 0 Å². The van der Waals surface area contributed by atoms with Gasteiger partial charge in [-0.15, -0.1) is 0 Å². The van der Waals surface area contributed by atoms with Gasteiger partial charge in [-0.25, -0.2) is 0 Å². The van der Waals surface area contributed by atoms with E-state index < -0.39 is 5.41 Å². The van der Waals surface area contributed by atoms with Crippen molar-refractivity contribution in [2.75, 3.05) is 0 Å². The number of ether oxygens (including phenoxy) is 2. The van der Waals surface area contributed by atoms with Crippen LogP contribution in [-0.2, 0) is 15.0 Å². The molecule has 0 radical (unpaired) electrons. The molecule has 6 aromatic carbocycles. The topological polar surface area (TPSA) is 52.6 Å². The smallest absolute Gasteiger partial charge is 0.310 e. The van der Waals surface area contributed by atoms with Crippen molar-refractivity contribution in [3.05, 3.63) is 144 Å².